The molecule has 2 aliphatic heterocycles. The number of carbonyl (C=O) groups is 3. The van der Waals surface area contributed by atoms with Crippen LogP contribution in [0.15, 0.2) is 66.7 Å². The highest BCUT2D eigenvalue weighted by atomic mass is 19.1. The molecule has 9 nitrogen and oxygen atoms in total. The van der Waals surface area contributed by atoms with E-state index in [1.807, 2.05) is 0 Å². The van der Waals surface area contributed by atoms with Crippen molar-refractivity contribution >= 4 is 23.4 Å². The van der Waals surface area contributed by atoms with Crippen molar-refractivity contribution in [2.75, 3.05) is 26.1 Å². The number of anilines is 1. The standard InChI is InChI=1S/C31H32FN3O6/c1-35-26-12-11-23(16-29(36)33-17-20-6-3-4-9-25(20)32)41-28(26)18-40-27-13-10-21(15-24(27)31(35)38)34-30(37)19-7-5-8-22(14-19)39-2/h3-10,13-15,23,26,28H,11-12,16-18H2,1-2H3,(H,33,36)(H,34,37)/t23-,26+,28-/m1/s1. The molecular weight excluding hydrogens is 529 g/mol. The van der Waals surface area contributed by atoms with Crippen LogP contribution in [-0.4, -0.2) is 61.6 Å². The molecule has 3 amide bonds. The zero-order valence-corrected chi connectivity index (χ0v) is 22.9. The van der Waals surface area contributed by atoms with Gasteiger partial charge in [-0.3, -0.25) is 14.4 Å². The Morgan fingerprint density at radius 2 is 1.90 bits per heavy atom. The van der Waals surface area contributed by atoms with E-state index in [1.165, 1.54) is 13.2 Å². The van der Waals surface area contributed by atoms with Crippen LogP contribution in [0, 0.1) is 5.82 Å². The summed E-state index contributed by atoms with van der Waals surface area (Å²) < 4.78 is 31.3. The number of halogens is 1. The summed E-state index contributed by atoms with van der Waals surface area (Å²) in [5.41, 5.74) is 1.64. The number of nitrogens with zero attached hydrogens (tertiary/aromatic N) is 1. The van der Waals surface area contributed by atoms with Gasteiger partial charge in [-0.05, 0) is 55.3 Å². The van der Waals surface area contributed by atoms with Crippen LogP contribution in [0.25, 0.3) is 0 Å². The van der Waals surface area contributed by atoms with Gasteiger partial charge in [0.2, 0.25) is 5.91 Å². The Balaban J connectivity index is 1.22. The van der Waals surface area contributed by atoms with Crippen molar-refractivity contribution in [3.63, 3.8) is 0 Å². The van der Waals surface area contributed by atoms with Gasteiger partial charge in [-0.25, -0.2) is 4.39 Å². The molecule has 3 aromatic rings. The number of ether oxygens (including phenoxy) is 3. The number of hydrogen-bond donors (Lipinski definition) is 2. The van der Waals surface area contributed by atoms with Crippen molar-refractivity contribution in [3.05, 3.63) is 89.2 Å². The van der Waals surface area contributed by atoms with E-state index in [0.29, 0.717) is 46.7 Å². The van der Waals surface area contributed by atoms with Gasteiger partial charge in [0, 0.05) is 30.4 Å². The van der Waals surface area contributed by atoms with Gasteiger partial charge in [0.25, 0.3) is 11.8 Å². The minimum absolute atomic E-state index is 0.101. The number of carbonyl (C=O) groups excluding carboxylic acids is 3. The fourth-order valence-electron chi connectivity index (χ4n) is 5.19. The molecule has 10 heteroatoms. The predicted octanol–water partition coefficient (Wildman–Crippen LogP) is 4.17. The van der Waals surface area contributed by atoms with Gasteiger partial charge < -0.3 is 29.7 Å². The van der Waals surface area contributed by atoms with Crippen molar-refractivity contribution in [2.24, 2.45) is 0 Å². The lowest BCUT2D eigenvalue weighted by Crippen LogP contribution is -2.53. The lowest BCUT2D eigenvalue weighted by atomic mass is 9.94. The average molecular weight is 562 g/mol. The molecule has 1 saturated heterocycles. The topological polar surface area (TPSA) is 106 Å². The molecule has 214 valence electrons. The summed E-state index contributed by atoms with van der Waals surface area (Å²) in [6.07, 6.45) is 0.556. The molecule has 0 radical (unpaired) electrons. The number of amides is 3. The van der Waals surface area contributed by atoms with Crippen LogP contribution < -0.4 is 20.1 Å². The Morgan fingerprint density at radius 3 is 2.71 bits per heavy atom. The molecule has 3 aromatic carbocycles. The van der Waals surface area contributed by atoms with Crippen molar-refractivity contribution in [1.82, 2.24) is 10.2 Å². The van der Waals surface area contributed by atoms with Crippen LogP contribution in [0.1, 0.15) is 45.5 Å². The second-order valence-electron chi connectivity index (χ2n) is 10.1. The van der Waals surface area contributed by atoms with Crippen LogP contribution in [0.5, 0.6) is 11.5 Å². The summed E-state index contributed by atoms with van der Waals surface area (Å²) in [6.45, 7) is 0.293. The summed E-state index contributed by atoms with van der Waals surface area (Å²) in [6, 6.07) is 17.8. The van der Waals surface area contributed by atoms with E-state index < -0.39 is 6.10 Å². The molecule has 2 aliphatic rings. The Labute approximate surface area is 237 Å². The second kappa shape index (κ2) is 12.4. The maximum Gasteiger partial charge on any atom is 0.257 e. The predicted molar refractivity (Wildman–Crippen MR) is 150 cm³/mol. The Morgan fingerprint density at radius 1 is 1.07 bits per heavy atom. The third kappa shape index (κ3) is 6.49. The minimum Gasteiger partial charge on any atom is -0.497 e. The molecule has 0 saturated carbocycles. The monoisotopic (exact) mass is 561 g/mol. The van der Waals surface area contributed by atoms with Gasteiger partial charge in [0.05, 0.1) is 31.2 Å². The van der Waals surface area contributed by atoms with E-state index >= 15 is 0 Å². The lowest BCUT2D eigenvalue weighted by Gasteiger charge is -2.42. The van der Waals surface area contributed by atoms with Crippen LogP contribution in [0.3, 0.4) is 0 Å². The Kier molecular flexibility index (Phi) is 8.49. The molecule has 41 heavy (non-hydrogen) atoms. The van der Waals surface area contributed by atoms with Gasteiger partial charge in [-0.15, -0.1) is 0 Å². The van der Waals surface area contributed by atoms with Gasteiger partial charge in [-0.1, -0.05) is 24.3 Å². The first-order valence-corrected chi connectivity index (χ1v) is 13.5. The van der Waals surface area contributed by atoms with E-state index in [-0.39, 0.29) is 55.3 Å². The number of hydrogen-bond acceptors (Lipinski definition) is 6. The summed E-state index contributed by atoms with van der Waals surface area (Å²) in [4.78, 5) is 40.5. The largest absolute Gasteiger partial charge is 0.497 e. The summed E-state index contributed by atoms with van der Waals surface area (Å²) >= 11 is 0. The fourth-order valence-corrected chi connectivity index (χ4v) is 5.19. The van der Waals surface area contributed by atoms with Gasteiger partial charge >= 0.3 is 0 Å². The molecular formula is C31H32FN3O6. The van der Waals surface area contributed by atoms with E-state index in [0.717, 1.165) is 0 Å². The molecule has 0 aliphatic carbocycles. The highest BCUT2D eigenvalue weighted by molar-refractivity contribution is 6.05. The summed E-state index contributed by atoms with van der Waals surface area (Å²) in [5.74, 6) is -0.237. The SMILES string of the molecule is COc1cccc(C(=O)Nc2ccc3c(c2)C(=O)N(C)[C@H]2CC[C@H](CC(=O)NCc4ccccc4F)O[C@@H]2CO3)c1. The van der Waals surface area contributed by atoms with Crippen molar-refractivity contribution in [3.8, 4) is 11.5 Å². The smallest absolute Gasteiger partial charge is 0.257 e. The van der Waals surface area contributed by atoms with Crippen molar-refractivity contribution < 1.29 is 33.0 Å². The summed E-state index contributed by atoms with van der Waals surface area (Å²) in [5, 5.41) is 5.59. The molecule has 0 bridgehead atoms. The Hall–Kier alpha value is -4.44. The number of nitrogens with one attached hydrogen (secondary N) is 2. The third-order valence-corrected chi connectivity index (χ3v) is 7.45. The number of methoxy groups -OCH3 is 1. The summed E-state index contributed by atoms with van der Waals surface area (Å²) in [7, 11) is 3.25. The van der Waals surface area contributed by atoms with Crippen LogP contribution in [0.4, 0.5) is 10.1 Å². The minimum atomic E-state index is -0.428. The molecule has 2 heterocycles. The number of likely N-dealkylation sites (N-methyl/N-ethyl adjacent to an activating group) is 1. The molecule has 0 unspecified atom stereocenters. The molecule has 0 aromatic heterocycles. The lowest BCUT2D eigenvalue weighted by molar-refractivity contribution is -0.134. The van der Waals surface area contributed by atoms with Crippen LogP contribution in [-0.2, 0) is 16.1 Å². The number of rotatable bonds is 7. The second-order valence-corrected chi connectivity index (χ2v) is 10.1. The van der Waals surface area contributed by atoms with Crippen LogP contribution in [0.2, 0.25) is 0 Å². The first-order chi connectivity index (χ1) is 19.8. The highest BCUT2D eigenvalue weighted by Gasteiger charge is 2.39. The molecule has 0 spiro atoms. The van der Waals surface area contributed by atoms with E-state index in [9.17, 15) is 18.8 Å². The maximum absolute atomic E-state index is 13.9. The van der Waals surface area contributed by atoms with Gasteiger partial charge in [0.1, 0.15) is 30.0 Å². The van der Waals surface area contributed by atoms with Crippen molar-refractivity contribution in [1.29, 1.82) is 0 Å². The molecule has 1 fully saturated rings. The quantitative estimate of drug-likeness (QED) is 0.449. The zero-order chi connectivity index (χ0) is 28.9. The highest BCUT2D eigenvalue weighted by Crippen LogP contribution is 2.32. The number of benzene rings is 3. The van der Waals surface area contributed by atoms with Gasteiger partial charge in [0.15, 0.2) is 0 Å². The molecule has 3 atom stereocenters. The first kappa shape index (κ1) is 28.1. The van der Waals surface area contributed by atoms with Crippen LogP contribution >= 0.6 is 0 Å². The fraction of sp³-hybridized carbons (Fsp3) is 0.323. The molecule has 5 rings (SSSR count). The zero-order valence-electron chi connectivity index (χ0n) is 22.9. The van der Waals surface area contributed by atoms with E-state index in [2.05, 4.69) is 10.6 Å². The van der Waals surface area contributed by atoms with Gasteiger partial charge in [-0.2, -0.15) is 0 Å². The maximum atomic E-state index is 13.9. The average Bonchev–Trinajstić information content (AvgIpc) is 2.99. The van der Waals surface area contributed by atoms with E-state index in [4.69, 9.17) is 14.2 Å². The Bertz CT molecular complexity index is 1450. The first-order valence-electron chi connectivity index (χ1n) is 13.5. The third-order valence-electron chi connectivity index (χ3n) is 7.45. The normalized spacial score (nSPS) is 20.0. The number of fused-ring (bicyclic) bond motifs is 2. The van der Waals surface area contributed by atoms with Crippen molar-refractivity contribution in [2.45, 2.75) is 44.1 Å². The molecule has 2 N–H and O–H groups in total. The van der Waals surface area contributed by atoms with E-state index in [1.54, 1.807) is 72.6 Å².